The Labute approximate surface area is 169 Å². The number of carbonyl (C=O) groups is 1. The number of aromatic nitrogens is 1. The summed E-state index contributed by atoms with van der Waals surface area (Å²) in [5.41, 5.74) is 2.70. The number of anilines is 1. The molecule has 144 valence electrons. The third kappa shape index (κ3) is 4.04. The summed E-state index contributed by atoms with van der Waals surface area (Å²) in [5.74, 6) is 1.25. The zero-order chi connectivity index (χ0) is 19.5. The first kappa shape index (κ1) is 18.6. The highest BCUT2D eigenvalue weighted by atomic mass is 35.5. The minimum Gasteiger partial charge on any atom is -0.441 e. The second kappa shape index (κ2) is 8.07. The van der Waals surface area contributed by atoms with Gasteiger partial charge in [0, 0.05) is 42.5 Å². The van der Waals surface area contributed by atoms with E-state index >= 15 is 0 Å². The number of carbonyl (C=O) groups excluding carboxylic acids is 1. The minimum atomic E-state index is 0.0850. The van der Waals surface area contributed by atoms with E-state index < -0.39 is 0 Å². The Morgan fingerprint density at radius 3 is 2.54 bits per heavy atom. The molecule has 1 fully saturated rings. The van der Waals surface area contributed by atoms with Gasteiger partial charge in [-0.2, -0.15) is 0 Å². The second-order valence-electron chi connectivity index (χ2n) is 6.91. The standard InChI is InChI=1S/C22H22ClN3O2/c1-16-20(24-22(28-16)17-6-5-7-18(23)14-17)15-21(27)26-12-10-25(11-13-26)19-8-3-2-4-9-19/h2-9,14H,10-13,15H2,1H3. The van der Waals surface area contributed by atoms with E-state index in [0.29, 0.717) is 35.5 Å². The van der Waals surface area contributed by atoms with Crippen LogP contribution >= 0.6 is 11.6 Å². The number of hydrogen-bond acceptors (Lipinski definition) is 4. The lowest BCUT2D eigenvalue weighted by atomic mass is 10.2. The fourth-order valence-electron chi connectivity index (χ4n) is 3.44. The summed E-state index contributed by atoms with van der Waals surface area (Å²) in [6.45, 7) is 4.94. The first-order valence-corrected chi connectivity index (χ1v) is 9.78. The smallest absolute Gasteiger partial charge is 0.228 e. The number of aryl methyl sites for hydroxylation is 1. The van der Waals surface area contributed by atoms with Crippen LogP contribution in [0.5, 0.6) is 0 Å². The summed E-state index contributed by atoms with van der Waals surface area (Å²) >= 11 is 6.05. The van der Waals surface area contributed by atoms with E-state index in [1.807, 2.05) is 42.2 Å². The number of amides is 1. The van der Waals surface area contributed by atoms with E-state index in [2.05, 4.69) is 22.0 Å². The van der Waals surface area contributed by atoms with Gasteiger partial charge >= 0.3 is 0 Å². The summed E-state index contributed by atoms with van der Waals surface area (Å²) in [6, 6.07) is 17.7. The molecule has 0 bridgehead atoms. The molecule has 1 saturated heterocycles. The van der Waals surface area contributed by atoms with E-state index in [0.717, 1.165) is 18.7 Å². The maximum atomic E-state index is 12.8. The number of rotatable bonds is 4. The van der Waals surface area contributed by atoms with Gasteiger partial charge in [0.25, 0.3) is 0 Å². The Balaban J connectivity index is 1.39. The molecule has 0 N–H and O–H groups in total. The average Bonchev–Trinajstić information content (AvgIpc) is 3.09. The molecular weight excluding hydrogens is 374 g/mol. The molecule has 5 nitrogen and oxygen atoms in total. The topological polar surface area (TPSA) is 49.6 Å². The van der Waals surface area contributed by atoms with Crippen molar-refractivity contribution in [1.29, 1.82) is 0 Å². The SMILES string of the molecule is Cc1oc(-c2cccc(Cl)c2)nc1CC(=O)N1CCN(c2ccccc2)CC1. The lowest BCUT2D eigenvalue weighted by Crippen LogP contribution is -2.49. The molecule has 28 heavy (non-hydrogen) atoms. The van der Waals surface area contributed by atoms with Crippen LogP contribution in [0.2, 0.25) is 5.02 Å². The van der Waals surface area contributed by atoms with Crippen molar-refractivity contribution in [2.45, 2.75) is 13.3 Å². The molecule has 4 rings (SSSR count). The van der Waals surface area contributed by atoms with Crippen molar-refractivity contribution in [3.05, 3.63) is 71.1 Å². The van der Waals surface area contributed by atoms with Crippen LogP contribution in [0.4, 0.5) is 5.69 Å². The lowest BCUT2D eigenvalue weighted by molar-refractivity contribution is -0.130. The van der Waals surface area contributed by atoms with Crippen molar-refractivity contribution in [2.24, 2.45) is 0 Å². The Kier molecular flexibility index (Phi) is 5.35. The van der Waals surface area contributed by atoms with Gasteiger partial charge < -0.3 is 14.2 Å². The predicted octanol–water partition coefficient (Wildman–Crippen LogP) is 4.19. The van der Waals surface area contributed by atoms with Gasteiger partial charge in [-0.1, -0.05) is 35.9 Å². The van der Waals surface area contributed by atoms with Crippen LogP contribution in [-0.4, -0.2) is 42.0 Å². The summed E-state index contributed by atoms with van der Waals surface area (Å²) in [7, 11) is 0. The first-order chi connectivity index (χ1) is 13.6. The molecule has 1 amide bonds. The van der Waals surface area contributed by atoms with Gasteiger partial charge in [-0.05, 0) is 37.3 Å². The van der Waals surface area contributed by atoms with Crippen molar-refractivity contribution in [3.8, 4) is 11.5 Å². The number of piperazine rings is 1. The fraction of sp³-hybridized carbons (Fsp3) is 0.273. The minimum absolute atomic E-state index is 0.0850. The molecule has 1 aliphatic heterocycles. The molecule has 0 spiro atoms. The maximum absolute atomic E-state index is 12.8. The molecule has 2 heterocycles. The quantitative estimate of drug-likeness (QED) is 0.664. The first-order valence-electron chi connectivity index (χ1n) is 9.40. The summed E-state index contributed by atoms with van der Waals surface area (Å²) in [6.07, 6.45) is 0.251. The van der Waals surface area contributed by atoms with Crippen LogP contribution in [0, 0.1) is 6.92 Å². The van der Waals surface area contributed by atoms with Crippen LogP contribution in [0.25, 0.3) is 11.5 Å². The molecule has 6 heteroatoms. The van der Waals surface area contributed by atoms with Crippen LogP contribution < -0.4 is 4.90 Å². The van der Waals surface area contributed by atoms with Crippen LogP contribution in [-0.2, 0) is 11.2 Å². The van der Waals surface area contributed by atoms with Gasteiger partial charge in [-0.25, -0.2) is 4.98 Å². The number of hydrogen-bond donors (Lipinski definition) is 0. The normalized spacial score (nSPS) is 14.4. The van der Waals surface area contributed by atoms with E-state index in [4.69, 9.17) is 16.0 Å². The van der Waals surface area contributed by atoms with Crippen molar-refractivity contribution in [3.63, 3.8) is 0 Å². The molecule has 0 atom stereocenters. The van der Waals surface area contributed by atoms with Gasteiger partial charge in [-0.3, -0.25) is 4.79 Å². The molecule has 3 aromatic rings. The monoisotopic (exact) mass is 395 g/mol. The highest BCUT2D eigenvalue weighted by molar-refractivity contribution is 6.30. The zero-order valence-electron chi connectivity index (χ0n) is 15.8. The van der Waals surface area contributed by atoms with E-state index in [9.17, 15) is 4.79 Å². The predicted molar refractivity (Wildman–Crippen MR) is 111 cm³/mol. The van der Waals surface area contributed by atoms with Crippen molar-refractivity contribution in [1.82, 2.24) is 9.88 Å². The van der Waals surface area contributed by atoms with Crippen molar-refractivity contribution >= 4 is 23.2 Å². The Hall–Kier alpha value is -2.79. The molecule has 1 aromatic heterocycles. The van der Waals surface area contributed by atoms with Crippen LogP contribution in [0.15, 0.2) is 59.0 Å². The largest absolute Gasteiger partial charge is 0.441 e. The van der Waals surface area contributed by atoms with Crippen LogP contribution in [0.1, 0.15) is 11.5 Å². The van der Waals surface area contributed by atoms with E-state index in [1.165, 1.54) is 5.69 Å². The van der Waals surface area contributed by atoms with Crippen molar-refractivity contribution < 1.29 is 9.21 Å². The second-order valence-corrected chi connectivity index (χ2v) is 7.35. The number of para-hydroxylation sites is 1. The summed E-state index contributed by atoms with van der Waals surface area (Å²) in [5, 5.41) is 0.627. The van der Waals surface area contributed by atoms with Gasteiger partial charge in [0.05, 0.1) is 12.1 Å². The average molecular weight is 396 g/mol. The zero-order valence-corrected chi connectivity index (χ0v) is 16.5. The number of benzene rings is 2. The van der Waals surface area contributed by atoms with Gasteiger partial charge in [0.15, 0.2) is 0 Å². The van der Waals surface area contributed by atoms with Crippen LogP contribution in [0.3, 0.4) is 0 Å². The highest BCUT2D eigenvalue weighted by Gasteiger charge is 2.23. The number of oxazole rings is 1. The Morgan fingerprint density at radius 1 is 1.07 bits per heavy atom. The maximum Gasteiger partial charge on any atom is 0.228 e. The third-order valence-electron chi connectivity index (χ3n) is 5.04. The Bertz CT molecular complexity index is 963. The number of nitrogens with zero attached hydrogens (tertiary/aromatic N) is 3. The summed E-state index contributed by atoms with van der Waals surface area (Å²) < 4.78 is 5.77. The molecule has 0 unspecified atom stereocenters. The van der Waals surface area contributed by atoms with Gasteiger partial charge in [0.1, 0.15) is 5.76 Å². The lowest BCUT2D eigenvalue weighted by Gasteiger charge is -2.36. The molecule has 0 aliphatic carbocycles. The van der Waals surface area contributed by atoms with Gasteiger partial charge in [-0.15, -0.1) is 0 Å². The van der Waals surface area contributed by atoms with E-state index in [1.54, 1.807) is 12.1 Å². The molecule has 0 radical (unpaired) electrons. The molecular formula is C22H22ClN3O2. The van der Waals surface area contributed by atoms with Crippen molar-refractivity contribution in [2.75, 3.05) is 31.1 Å². The van der Waals surface area contributed by atoms with E-state index in [-0.39, 0.29) is 12.3 Å². The summed E-state index contributed by atoms with van der Waals surface area (Å²) in [4.78, 5) is 21.5. The van der Waals surface area contributed by atoms with Gasteiger partial charge in [0.2, 0.25) is 11.8 Å². The fourth-order valence-corrected chi connectivity index (χ4v) is 3.64. The highest BCUT2D eigenvalue weighted by Crippen LogP contribution is 2.25. The Morgan fingerprint density at radius 2 is 1.82 bits per heavy atom. The molecule has 0 saturated carbocycles. The number of halogens is 1. The molecule has 1 aliphatic rings. The third-order valence-corrected chi connectivity index (χ3v) is 5.27. The molecule has 2 aromatic carbocycles.